The predicted molar refractivity (Wildman–Crippen MR) is 72.2 cm³/mol. The molecule has 0 saturated carbocycles. The zero-order valence-corrected chi connectivity index (χ0v) is 11.6. The molecule has 1 heterocycles. The van der Waals surface area contributed by atoms with Crippen molar-refractivity contribution in [2.45, 2.75) is 6.61 Å². The fourth-order valence-electron chi connectivity index (χ4n) is 1.64. The van der Waals surface area contributed by atoms with E-state index in [1.165, 1.54) is 20.3 Å². The number of hydrogen-bond acceptors (Lipinski definition) is 6. The molecule has 0 bridgehead atoms. The Hall–Kier alpha value is -2.76. The lowest BCUT2D eigenvalue weighted by molar-refractivity contribution is 0.0438. The van der Waals surface area contributed by atoms with E-state index < -0.39 is 11.9 Å². The molecular weight excluding hydrogens is 276 g/mol. The SMILES string of the molecule is COC(=O)c1ccc(COC(=O)c2cccc(OC)c2)o1. The molecule has 0 atom stereocenters. The molecule has 1 aromatic heterocycles. The fourth-order valence-corrected chi connectivity index (χ4v) is 1.64. The highest BCUT2D eigenvalue weighted by atomic mass is 16.6. The summed E-state index contributed by atoms with van der Waals surface area (Å²) in [5, 5.41) is 0. The largest absolute Gasteiger partial charge is 0.497 e. The summed E-state index contributed by atoms with van der Waals surface area (Å²) in [5.74, 6) is -0.114. The Balaban J connectivity index is 1.97. The van der Waals surface area contributed by atoms with Gasteiger partial charge in [-0.3, -0.25) is 0 Å². The first kappa shape index (κ1) is 14.6. The monoisotopic (exact) mass is 290 g/mol. The van der Waals surface area contributed by atoms with Crippen LogP contribution in [0.3, 0.4) is 0 Å². The minimum absolute atomic E-state index is 0.0601. The van der Waals surface area contributed by atoms with Gasteiger partial charge in [-0.05, 0) is 30.3 Å². The van der Waals surface area contributed by atoms with E-state index in [0.717, 1.165) is 0 Å². The Morgan fingerprint density at radius 1 is 1.10 bits per heavy atom. The third-order valence-electron chi connectivity index (χ3n) is 2.70. The van der Waals surface area contributed by atoms with Crippen molar-refractivity contribution in [3.05, 3.63) is 53.5 Å². The van der Waals surface area contributed by atoms with Crippen LogP contribution in [-0.4, -0.2) is 26.2 Å². The van der Waals surface area contributed by atoms with E-state index in [-0.39, 0.29) is 12.4 Å². The van der Waals surface area contributed by atoms with E-state index in [4.69, 9.17) is 13.9 Å². The van der Waals surface area contributed by atoms with E-state index in [1.54, 1.807) is 30.3 Å². The maximum atomic E-state index is 11.9. The quantitative estimate of drug-likeness (QED) is 0.787. The van der Waals surface area contributed by atoms with Gasteiger partial charge in [0.05, 0.1) is 19.8 Å². The minimum Gasteiger partial charge on any atom is -0.497 e. The Labute approximate surface area is 121 Å². The molecule has 0 fully saturated rings. The maximum Gasteiger partial charge on any atom is 0.373 e. The van der Waals surface area contributed by atoms with Crippen molar-refractivity contribution in [1.82, 2.24) is 0 Å². The fraction of sp³-hybridized carbons (Fsp3) is 0.200. The first-order valence-electron chi connectivity index (χ1n) is 6.12. The van der Waals surface area contributed by atoms with Gasteiger partial charge < -0.3 is 18.6 Å². The standard InChI is InChI=1S/C15H14O6/c1-18-11-5-3-4-10(8-11)14(16)20-9-12-6-7-13(21-12)15(17)19-2/h3-8H,9H2,1-2H3. The molecule has 2 aromatic rings. The van der Waals surface area contributed by atoms with Crippen molar-refractivity contribution >= 4 is 11.9 Å². The van der Waals surface area contributed by atoms with E-state index in [1.807, 2.05) is 0 Å². The number of hydrogen-bond donors (Lipinski definition) is 0. The summed E-state index contributed by atoms with van der Waals surface area (Å²) < 4.78 is 19.8. The number of furan rings is 1. The summed E-state index contributed by atoms with van der Waals surface area (Å²) in [4.78, 5) is 23.1. The van der Waals surface area contributed by atoms with Crippen molar-refractivity contribution in [3.8, 4) is 5.75 Å². The smallest absolute Gasteiger partial charge is 0.373 e. The number of carbonyl (C=O) groups is 2. The summed E-state index contributed by atoms with van der Waals surface area (Å²) in [5.41, 5.74) is 0.370. The Kier molecular flexibility index (Phi) is 4.61. The first-order chi connectivity index (χ1) is 10.1. The lowest BCUT2D eigenvalue weighted by Crippen LogP contribution is -2.05. The molecule has 0 spiro atoms. The molecule has 0 amide bonds. The van der Waals surface area contributed by atoms with Crippen molar-refractivity contribution < 1.29 is 28.2 Å². The molecule has 1 aromatic carbocycles. The average molecular weight is 290 g/mol. The molecule has 6 nitrogen and oxygen atoms in total. The van der Waals surface area contributed by atoms with Crippen LogP contribution >= 0.6 is 0 Å². The second kappa shape index (κ2) is 6.60. The van der Waals surface area contributed by atoms with Gasteiger partial charge in [0.15, 0.2) is 0 Å². The summed E-state index contributed by atoms with van der Waals surface area (Å²) in [6, 6.07) is 9.62. The molecule has 110 valence electrons. The van der Waals surface area contributed by atoms with Crippen LogP contribution in [0.5, 0.6) is 5.75 Å². The molecule has 0 N–H and O–H groups in total. The molecule has 0 aliphatic rings. The van der Waals surface area contributed by atoms with Crippen LogP contribution in [-0.2, 0) is 16.1 Å². The Morgan fingerprint density at radius 2 is 1.90 bits per heavy atom. The third kappa shape index (κ3) is 3.62. The molecule has 0 unspecified atom stereocenters. The summed E-state index contributed by atoms with van der Waals surface area (Å²) in [6.45, 7) is -0.0764. The summed E-state index contributed by atoms with van der Waals surface area (Å²) in [7, 11) is 2.77. The number of carbonyl (C=O) groups excluding carboxylic acids is 2. The third-order valence-corrected chi connectivity index (χ3v) is 2.70. The Morgan fingerprint density at radius 3 is 2.62 bits per heavy atom. The van der Waals surface area contributed by atoms with E-state index >= 15 is 0 Å². The number of ether oxygens (including phenoxy) is 3. The van der Waals surface area contributed by atoms with Crippen LogP contribution < -0.4 is 4.74 Å². The van der Waals surface area contributed by atoms with Gasteiger partial charge in [0.2, 0.25) is 5.76 Å². The zero-order chi connectivity index (χ0) is 15.2. The first-order valence-corrected chi connectivity index (χ1v) is 6.12. The topological polar surface area (TPSA) is 75.0 Å². The molecule has 0 radical (unpaired) electrons. The summed E-state index contributed by atoms with van der Waals surface area (Å²) in [6.07, 6.45) is 0. The highest BCUT2D eigenvalue weighted by molar-refractivity contribution is 5.89. The highest BCUT2D eigenvalue weighted by Gasteiger charge is 2.13. The lowest BCUT2D eigenvalue weighted by atomic mass is 10.2. The molecule has 0 saturated heterocycles. The number of benzene rings is 1. The number of methoxy groups -OCH3 is 2. The van der Waals surface area contributed by atoms with Gasteiger partial charge in [0.25, 0.3) is 0 Å². The molecular formula is C15H14O6. The number of esters is 2. The average Bonchev–Trinajstić information content (AvgIpc) is 3.00. The normalized spacial score (nSPS) is 10.0. The minimum atomic E-state index is -0.583. The van der Waals surface area contributed by atoms with Crippen LogP contribution in [0.15, 0.2) is 40.8 Å². The van der Waals surface area contributed by atoms with Crippen LogP contribution in [0.1, 0.15) is 26.7 Å². The van der Waals surface area contributed by atoms with Crippen LogP contribution in [0.2, 0.25) is 0 Å². The van der Waals surface area contributed by atoms with E-state index in [2.05, 4.69) is 4.74 Å². The molecule has 0 aliphatic heterocycles. The molecule has 21 heavy (non-hydrogen) atoms. The summed E-state index contributed by atoms with van der Waals surface area (Å²) >= 11 is 0. The van der Waals surface area contributed by atoms with Crippen LogP contribution in [0.4, 0.5) is 0 Å². The van der Waals surface area contributed by atoms with Gasteiger partial charge in [-0.25, -0.2) is 9.59 Å². The van der Waals surface area contributed by atoms with Gasteiger partial charge in [0.1, 0.15) is 18.1 Å². The van der Waals surface area contributed by atoms with Gasteiger partial charge in [-0.15, -0.1) is 0 Å². The van der Waals surface area contributed by atoms with Crippen LogP contribution in [0, 0.1) is 0 Å². The second-order valence-corrected chi connectivity index (χ2v) is 4.07. The Bertz CT molecular complexity index is 643. The highest BCUT2D eigenvalue weighted by Crippen LogP contribution is 2.15. The number of rotatable bonds is 5. The molecule has 6 heteroatoms. The van der Waals surface area contributed by atoms with Crippen LogP contribution in [0.25, 0.3) is 0 Å². The maximum absolute atomic E-state index is 11.9. The van der Waals surface area contributed by atoms with Gasteiger partial charge in [-0.2, -0.15) is 0 Å². The zero-order valence-electron chi connectivity index (χ0n) is 11.6. The van der Waals surface area contributed by atoms with Crippen molar-refractivity contribution in [1.29, 1.82) is 0 Å². The molecule has 0 aliphatic carbocycles. The van der Waals surface area contributed by atoms with E-state index in [0.29, 0.717) is 17.1 Å². The predicted octanol–water partition coefficient (Wildman–Crippen LogP) is 2.43. The van der Waals surface area contributed by atoms with Gasteiger partial charge in [-0.1, -0.05) is 6.07 Å². The van der Waals surface area contributed by atoms with E-state index in [9.17, 15) is 9.59 Å². The lowest BCUT2D eigenvalue weighted by Gasteiger charge is -2.04. The second-order valence-electron chi connectivity index (χ2n) is 4.07. The van der Waals surface area contributed by atoms with Gasteiger partial charge in [0, 0.05) is 0 Å². The van der Waals surface area contributed by atoms with Gasteiger partial charge >= 0.3 is 11.9 Å². The molecule has 2 rings (SSSR count). The van der Waals surface area contributed by atoms with Crippen molar-refractivity contribution in [3.63, 3.8) is 0 Å². The van der Waals surface area contributed by atoms with Crippen molar-refractivity contribution in [2.24, 2.45) is 0 Å². The van der Waals surface area contributed by atoms with Crippen molar-refractivity contribution in [2.75, 3.05) is 14.2 Å².